The van der Waals surface area contributed by atoms with Crippen LogP contribution in [-0.4, -0.2) is 19.7 Å². The van der Waals surface area contributed by atoms with Gasteiger partial charge in [0.2, 0.25) is 0 Å². The molecule has 5 heteroatoms. The number of imidazole rings is 1. The van der Waals surface area contributed by atoms with E-state index in [0.29, 0.717) is 0 Å². The van der Waals surface area contributed by atoms with Gasteiger partial charge >= 0.3 is 0 Å². The largest absolute Gasteiger partial charge is 0.399 e. The average Bonchev–Trinajstić information content (AvgIpc) is 2.90. The van der Waals surface area contributed by atoms with E-state index >= 15 is 0 Å². The SMILES string of the molecule is Nc1ccc(-c2nccn2-c2cccnn2)cc1. The molecule has 2 heterocycles. The Kier molecular flexibility index (Phi) is 2.49. The zero-order valence-electron chi connectivity index (χ0n) is 9.56. The first kappa shape index (κ1) is 10.5. The molecule has 0 saturated heterocycles. The zero-order chi connectivity index (χ0) is 12.4. The number of anilines is 1. The van der Waals surface area contributed by atoms with Crippen LogP contribution in [0.15, 0.2) is 55.0 Å². The Morgan fingerprint density at radius 1 is 1.00 bits per heavy atom. The van der Waals surface area contributed by atoms with Gasteiger partial charge in [-0.3, -0.25) is 4.57 Å². The first-order valence-electron chi connectivity index (χ1n) is 5.52. The molecule has 2 aromatic heterocycles. The minimum atomic E-state index is 0.733. The fourth-order valence-corrected chi connectivity index (χ4v) is 1.76. The standard InChI is InChI=1S/C13H11N5/c14-11-5-3-10(4-6-11)13-15-8-9-18(13)12-2-1-7-16-17-12/h1-9H,14H2. The van der Waals surface area contributed by atoms with Gasteiger partial charge in [0.1, 0.15) is 5.82 Å². The van der Waals surface area contributed by atoms with Crippen LogP contribution in [0, 0.1) is 0 Å². The van der Waals surface area contributed by atoms with Crippen molar-refractivity contribution in [3.8, 4) is 17.2 Å². The normalized spacial score (nSPS) is 10.4. The molecular formula is C13H11N5. The fourth-order valence-electron chi connectivity index (χ4n) is 1.76. The van der Waals surface area contributed by atoms with Crippen molar-refractivity contribution in [2.75, 3.05) is 5.73 Å². The van der Waals surface area contributed by atoms with Crippen LogP contribution in [0.1, 0.15) is 0 Å². The van der Waals surface area contributed by atoms with E-state index in [9.17, 15) is 0 Å². The molecule has 0 radical (unpaired) electrons. The molecule has 0 unspecified atom stereocenters. The van der Waals surface area contributed by atoms with Gasteiger partial charge in [0.15, 0.2) is 5.82 Å². The van der Waals surface area contributed by atoms with Crippen LogP contribution in [0.2, 0.25) is 0 Å². The molecule has 18 heavy (non-hydrogen) atoms. The molecule has 0 aliphatic carbocycles. The minimum Gasteiger partial charge on any atom is -0.399 e. The molecular weight excluding hydrogens is 226 g/mol. The lowest BCUT2D eigenvalue weighted by atomic mass is 10.2. The van der Waals surface area contributed by atoms with Crippen LogP contribution in [0.25, 0.3) is 17.2 Å². The van der Waals surface area contributed by atoms with Gasteiger partial charge in [0, 0.05) is 29.8 Å². The molecule has 0 aliphatic rings. The molecule has 0 aliphatic heterocycles. The molecule has 88 valence electrons. The Morgan fingerprint density at radius 2 is 1.83 bits per heavy atom. The Bertz CT molecular complexity index is 643. The summed E-state index contributed by atoms with van der Waals surface area (Å²) in [6, 6.07) is 11.3. The summed E-state index contributed by atoms with van der Waals surface area (Å²) in [6.07, 6.45) is 5.24. The number of rotatable bonds is 2. The number of benzene rings is 1. The lowest BCUT2D eigenvalue weighted by molar-refractivity contribution is 0.918. The molecule has 0 bridgehead atoms. The molecule has 0 spiro atoms. The number of aromatic nitrogens is 4. The summed E-state index contributed by atoms with van der Waals surface area (Å²) in [5, 5.41) is 7.94. The summed E-state index contributed by atoms with van der Waals surface area (Å²) in [5.41, 5.74) is 7.40. The van der Waals surface area contributed by atoms with Gasteiger partial charge in [-0.15, -0.1) is 5.10 Å². The third kappa shape index (κ3) is 1.82. The monoisotopic (exact) mass is 237 g/mol. The third-order valence-corrected chi connectivity index (χ3v) is 2.61. The van der Waals surface area contributed by atoms with Gasteiger partial charge in [-0.2, -0.15) is 5.10 Å². The summed E-state index contributed by atoms with van der Waals surface area (Å²) in [4.78, 5) is 4.35. The minimum absolute atomic E-state index is 0.733. The Hall–Kier alpha value is -2.69. The van der Waals surface area contributed by atoms with Crippen LogP contribution in [-0.2, 0) is 0 Å². The average molecular weight is 237 g/mol. The topological polar surface area (TPSA) is 69.6 Å². The number of nitrogens with zero attached hydrogens (tertiary/aromatic N) is 4. The van der Waals surface area contributed by atoms with Crippen molar-refractivity contribution in [1.82, 2.24) is 19.7 Å². The van der Waals surface area contributed by atoms with Gasteiger partial charge in [-0.1, -0.05) is 0 Å². The zero-order valence-corrected chi connectivity index (χ0v) is 9.56. The molecule has 3 aromatic rings. The fraction of sp³-hybridized carbons (Fsp3) is 0. The van der Waals surface area contributed by atoms with Crippen molar-refractivity contribution < 1.29 is 0 Å². The highest BCUT2D eigenvalue weighted by Gasteiger charge is 2.08. The van der Waals surface area contributed by atoms with Crippen molar-refractivity contribution in [3.63, 3.8) is 0 Å². The summed E-state index contributed by atoms with van der Waals surface area (Å²) in [7, 11) is 0. The first-order valence-corrected chi connectivity index (χ1v) is 5.52. The maximum absolute atomic E-state index is 5.68. The number of hydrogen-bond donors (Lipinski definition) is 1. The molecule has 0 atom stereocenters. The number of nitrogen functional groups attached to an aromatic ring is 1. The Labute approximate surface area is 104 Å². The second-order valence-corrected chi connectivity index (χ2v) is 3.82. The molecule has 0 saturated carbocycles. The lowest BCUT2D eigenvalue weighted by Gasteiger charge is -2.06. The highest BCUT2D eigenvalue weighted by Crippen LogP contribution is 2.20. The van der Waals surface area contributed by atoms with Crippen LogP contribution >= 0.6 is 0 Å². The van der Waals surface area contributed by atoms with Gasteiger partial charge < -0.3 is 5.73 Å². The number of hydrogen-bond acceptors (Lipinski definition) is 4. The Balaban J connectivity index is 2.10. The molecule has 2 N–H and O–H groups in total. The third-order valence-electron chi connectivity index (χ3n) is 2.61. The first-order chi connectivity index (χ1) is 8.84. The van der Waals surface area contributed by atoms with Crippen LogP contribution in [0.4, 0.5) is 5.69 Å². The van der Waals surface area contributed by atoms with E-state index in [1.807, 2.05) is 47.2 Å². The van der Waals surface area contributed by atoms with Crippen LogP contribution in [0.3, 0.4) is 0 Å². The van der Waals surface area contributed by atoms with Crippen molar-refractivity contribution in [2.24, 2.45) is 0 Å². The Morgan fingerprint density at radius 3 is 2.56 bits per heavy atom. The molecule has 0 fully saturated rings. The molecule has 1 aromatic carbocycles. The van der Waals surface area contributed by atoms with E-state index in [4.69, 9.17) is 5.73 Å². The lowest BCUT2D eigenvalue weighted by Crippen LogP contribution is -1.99. The maximum atomic E-state index is 5.68. The quantitative estimate of drug-likeness (QED) is 0.691. The summed E-state index contributed by atoms with van der Waals surface area (Å²) in [5.74, 6) is 1.55. The van der Waals surface area contributed by atoms with E-state index in [0.717, 1.165) is 22.9 Å². The van der Waals surface area contributed by atoms with Gasteiger partial charge in [-0.05, 0) is 36.4 Å². The molecule has 0 amide bonds. The second-order valence-electron chi connectivity index (χ2n) is 3.82. The van der Waals surface area contributed by atoms with Crippen LogP contribution < -0.4 is 5.73 Å². The highest BCUT2D eigenvalue weighted by atomic mass is 15.2. The highest BCUT2D eigenvalue weighted by molar-refractivity contribution is 5.60. The molecule has 5 nitrogen and oxygen atoms in total. The van der Waals surface area contributed by atoms with Crippen molar-refractivity contribution in [3.05, 3.63) is 55.0 Å². The summed E-state index contributed by atoms with van der Waals surface area (Å²) >= 11 is 0. The van der Waals surface area contributed by atoms with Crippen molar-refractivity contribution >= 4 is 5.69 Å². The summed E-state index contributed by atoms with van der Waals surface area (Å²) < 4.78 is 1.89. The van der Waals surface area contributed by atoms with E-state index in [2.05, 4.69) is 15.2 Å². The van der Waals surface area contributed by atoms with Gasteiger partial charge in [0.25, 0.3) is 0 Å². The molecule has 3 rings (SSSR count). The predicted octanol–water partition coefficient (Wildman–Crippen LogP) is 1.91. The van der Waals surface area contributed by atoms with Crippen molar-refractivity contribution in [2.45, 2.75) is 0 Å². The summed E-state index contributed by atoms with van der Waals surface area (Å²) in [6.45, 7) is 0. The van der Waals surface area contributed by atoms with E-state index in [1.54, 1.807) is 12.4 Å². The van der Waals surface area contributed by atoms with E-state index < -0.39 is 0 Å². The maximum Gasteiger partial charge on any atom is 0.160 e. The van der Waals surface area contributed by atoms with Gasteiger partial charge in [-0.25, -0.2) is 4.98 Å². The van der Waals surface area contributed by atoms with Gasteiger partial charge in [0.05, 0.1) is 0 Å². The van der Waals surface area contributed by atoms with Crippen LogP contribution in [0.5, 0.6) is 0 Å². The predicted molar refractivity (Wildman–Crippen MR) is 69.0 cm³/mol. The smallest absolute Gasteiger partial charge is 0.160 e. The number of nitrogens with two attached hydrogens (primary N) is 1. The second kappa shape index (κ2) is 4.29. The van der Waals surface area contributed by atoms with E-state index in [1.165, 1.54) is 0 Å². The van der Waals surface area contributed by atoms with Crippen molar-refractivity contribution in [1.29, 1.82) is 0 Å². The van der Waals surface area contributed by atoms with E-state index in [-0.39, 0.29) is 0 Å².